The molecule has 1 aromatic rings. The average Bonchev–Trinajstić information content (AvgIpc) is 2.39. The van der Waals surface area contributed by atoms with Gasteiger partial charge in [0.1, 0.15) is 11.9 Å². The van der Waals surface area contributed by atoms with Crippen LogP contribution >= 0.6 is 0 Å². The molecule has 0 saturated heterocycles. The van der Waals surface area contributed by atoms with Crippen LogP contribution in [0.25, 0.3) is 0 Å². The van der Waals surface area contributed by atoms with Gasteiger partial charge in [0.2, 0.25) is 0 Å². The Labute approximate surface area is 110 Å². The minimum Gasteiger partial charge on any atom is -0.489 e. The molecule has 0 radical (unpaired) electrons. The van der Waals surface area contributed by atoms with Gasteiger partial charge in [0.05, 0.1) is 12.0 Å². The Bertz CT molecular complexity index is 433. The molecule has 2 rings (SSSR count). The van der Waals surface area contributed by atoms with E-state index >= 15 is 0 Å². The van der Waals surface area contributed by atoms with Crippen molar-refractivity contribution in [2.45, 2.75) is 51.6 Å². The van der Waals surface area contributed by atoms with Gasteiger partial charge >= 0.3 is 0 Å². The maximum atomic E-state index is 9.15. The van der Waals surface area contributed by atoms with Gasteiger partial charge in [-0.15, -0.1) is 0 Å². The van der Waals surface area contributed by atoms with E-state index in [0.717, 1.165) is 25.0 Å². The molecule has 0 aromatic heterocycles. The van der Waals surface area contributed by atoms with Crippen LogP contribution in [0, 0.1) is 17.2 Å². The summed E-state index contributed by atoms with van der Waals surface area (Å²) < 4.78 is 6.03. The predicted molar refractivity (Wildman–Crippen MR) is 72.5 cm³/mol. The highest BCUT2D eigenvalue weighted by Crippen LogP contribution is 2.29. The lowest BCUT2D eigenvalue weighted by Gasteiger charge is -2.27. The highest BCUT2D eigenvalue weighted by molar-refractivity contribution is 5.30. The molecule has 96 valence electrons. The van der Waals surface area contributed by atoms with E-state index in [0.29, 0.717) is 5.92 Å². The van der Waals surface area contributed by atoms with E-state index in [-0.39, 0.29) is 12.0 Å². The van der Waals surface area contributed by atoms with Gasteiger partial charge in [-0.25, -0.2) is 0 Å². The van der Waals surface area contributed by atoms with Crippen LogP contribution in [0.5, 0.6) is 5.75 Å². The van der Waals surface area contributed by atoms with Crippen molar-refractivity contribution in [1.29, 1.82) is 5.26 Å². The second kappa shape index (κ2) is 5.91. The number of hydrogen-bond acceptors (Lipinski definition) is 2. The number of ether oxygens (including phenoxy) is 1. The first kappa shape index (κ1) is 13.0. The molecule has 1 aromatic carbocycles. The molecule has 0 aliphatic heterocycles. The lowest BCUT2D eigenvalue weighted by molar-refractivity contribution is 0.120. The van der Waals surface area contributed by atoms with E-state index in [1.807, 2.05) is 12.1 Å². The van der Waals surface area contributed by atoms with Gasteiger partial charge in [0.25, 0.3) is 0 Å². The van der Waals surface area contributed by atoms with Crippen molar-refractivity contribution in [2.75, 3.05) is 0 Å². The van der Waals surface area contributed by atoms with Gasteiger partial charge < -0.3 is 4.74 Å². The van der Waals surface area contributed by atoms with Gasteiger partial charge in [0.15, 0.2) is 0 Å². The van der Waals surface area contributed by atoms with E-state index in [1.54, 1.807) is 0 Å². The Morgan fingerprint density at radius 1 is 1.28 bits per heavy atom. The van der Waals surface area contributed by atoms with Crippen molar-refractivity contribution < 1.29 is 4.74 Å². The fraction of sp³-hybridized carbons (Fsp3) is 0.562. The number of benzene rings is 1. The summed E-state index contributed by atoms with van der Waals surface area (Å²) in [6, 6.07) is 10.6. The van der Waals surface area contributed by atoms with Crippen molar-refractivity contribution in [3.05, 3.63) is 29.8 Å². The first-order valence-electron chi connectivity index (χ1n) is 6.87. The van der Waals surface area contributed by atoms with Gasteiger partial charge in [-0.1, -0.05) is 32.4 Å². The quantitative estimate of drug-likeness (QED) is 0.794. The molecular weight excluding hydrogens is 222 g/mol. The van der Waals surface area contributed by atoms with Crippen molar-refractivity contribution in [3.8, 4) is 11.8 Å². The highest BCUT2D eigenvalue weighted by atomic mass is 16.5. The Balaban J connectivity index is 2.08. The molecule has 0 N–H and O–H groups in total. The van der Waals surface area contributed by atoms with Gasteiger partial charge in [-0.2, -0.15) is 5.26 Å². The normalized spacial score (nSPS) is 23.7. The standard InChI is InChI=1S/C16H21NO/c1-12(2)13-7-5-8-15(10-13)18-16-9-4-3-6-14(16)11-17/h5,7-8,10,12,14,16H,3-4,6,9H2,1-2H3. The minimum absolute atomic E-state index is 0.0569. The van der Waals surface area contributed by atoms with Crippen molar-refractivity contribution in [1.82, 2.24) is 0 Å². The third-order valence-electron chi connectivity index (χ3n) is 3.68. The Kier molecular flexibility index (Phi) is 4.25. The molecule has 0 spiro atoms. The monoisotopic (exact) mass is 243 g/mol. The summed E-state index contributed by atoms with van der Waals surface area (Å²) in [6.45, 7) is 4.36. The van der Waals surface area contributed by atoms with E-state index < -0.39 is 0 Å². The second-order valence-corrected chi connectivity index (χ2v) is 5.40. The summed E-state index contributed by atoms with van der Waals surface area (Å²) in [6.07, 6.45) is 4.39. The molecule has 1 aliphatic rings. The molecule has 0 bridgehead atoms. The third kappa shape index (κ3) is 3.04. The third-order valence-corrected chi connectivity index (χ3v) is 3.68. The summed E-state index contributed by atoms with van der Waals surface area (Å²) >= 11 is 0. The van der Waals surface area contributed by atoms with Gasteiger partial charge in [-0.3, -0.25) is 0 Å². The smallest absolute Gasteiger partial charge is 0.120 e. The number of nitrogens with zero attached hydrogens (tertiary/aromatic N) is 1. The van der Waals surface area contributed by atoms with Crippen LogP contribution in [-0.2, 0) is 0 Å². The number of hydrogen-bond donors (Lipinski definition) is 0. The first-order valence-corrected chi connectivity index (χ1v) is 6.87. The maximum Gasteiger partial charge on any atom is 0.120 e. The van der Waals surface area contributed by atoms with Crippen molar-refractivity contribution >= 4 is 0 Å². The van der Waals surface area contributed by atoms with Crippen molar-refractivity contribution in [2.24, 2.45) is 5.92 Å². The molecule has 18 heavy (non-hydrogen) atoms. The van der Waals surface area contributed by atoms with Crippen LogP contribution in [0.2, 0.25) is 0 Å². The Morgan fingerprint density at radius 3 is 2.78 bits per heavy atom. The van der Waals surface area contributed by atoms with Gasteiger partial charge in [-0.05, 0) is 42.9 Å². The van der Waals surface area contributed by atoms with Crippen LogP contribution in [0.4, 0.5) is 0 Å². The topological polar surface area (TPSA) is 33.0 Å². The first-order chi connectivity index (χ1) is 8.70. The molecule has 2 atom stereocenters. The summed E-state index contributed by atoms with van der Waals surface area (Å²) in [4.78, 5) is 0. The van der Waals surface area contributed by atoms with Crippen molar-refractivity contribution in [3.63, 3.8) is 0 Å². The van der Waals surface area contributed by atoms with E-state index in [9.17, 15) is 0 Å². The number of nitriles is 1. The van der Waals surface area contributed by atoms with E-state index in [1.165, 1.54) is 12.0 Å². The van der Waals surface area contributed by atoms with E-state index in [2.05, 4.69) is 32.0 Å². The van der Waals surface area contributed by atoms with Crippen LogP contribution in [0.3, 0.4) is 0 Å². The van der Waals surface area contributed by atoms with Crippen LogP contribution in [-0.4, -0.2) is 6.10 Å². The molecule has 1 aliphatic carbocycles. The fourth-order valence-corrected chi connectivity index (χ4v) is 2.51. The van der Waals surface area contributed by atoms with Crippen LogP contribution in [0.15, 0.2) is 24.3 Å². The minimum atomic E-state index is 0.0569. The molecule has 0 heterocycles. The summed E-state index contributed by atoms with van der Waals surface area (Å²) in [5, 5.41) is 9.15. The Hall–Kier alpha value is -1.49. The summed E-state index contributed by atoms with van der Waals surface area (Å²) in [5.74, 6) is 1.47. The maximum absolute atomic E-state index is 9.15. The molecule has 0 amide bonds. The Morgan fingerprint density at radius 2 is 2.06 bits per heavy atom. The molecule has 2 nitrogen and oxygen atoms in total. The fourth-order valence-electron chi connectivity index (χ4n) is 2.51. The summed E-state index contributed by atoms with van der Waals surface area (Å²) in [7, 11) is 0. The zero-order chi connectivity index (χ0) is 13.0. The molecule has 1 saturated carbocycles. The lowest BCUT2D eigenvalue weighted by Crippen LogP contribution is -2.29. The lowest BCUT2D eigenvalue weighted by atomic mass is 9.87. The average molecular weight is 243 g/mol. The molecule has 2 heteroatoms. The molecular formula is C16H21NO. The zero-order valence-corrected chi connectivity index (χ0v) is 11.2. The van der Waals surface area contributed by atoms with Crippen LogP contribution < -0.4 is 4.74 Å². The summed E-state index contributed by atoms with van der Waals surface area (Å²) in [5.41, 5.74) is 1.29. The second-order valence-electron chi connectivity index (χ2n) is 5.40. The predicted octanol–water partition coefficient (Wildman–Crippen LogP) is 4.27. The largest absolute Gasteiger partial charge is 0.489 e. The molecule has 1 fully saturated rings. The zero-order valence-electron chi connectivity index (χ0n) is 11.2. The van der Waals surface area contributed by atoms with Gasteiger partial charge in [0, 0.05) is 0 Å². The van der Waals surface area contributed by atoms with Crippen LogP contribution in [0.1, 0.15) is 51.0 Å². The highest BCUT2D eigenvalue weighted by Gasteiger charge is 2.26. The SMILES string of the molecule is CC(C)c1cccc(OC2CCCCC2C#N)c1. The number of rotatable bonds is 3. The van der Waals surface area contributed by atoms with E-state index in [4.69, 9.17) is 10.00 Å². The molecule has 2 unspecified atom stereocenters.